The third kappa shape index (κ3) is 5.08. The van der Waals surface area contributed by atoms with E-state index < -0.39 is 15.4 Å². The fourth-order valence-electron chi connectivity index (χ4n) is 5.12. The van der Waals surface area contributed by atoms with Gasteiger partial charge < -0.3 is 10.1 Å². The minimum absolute atomic E-state index is 0.311. The Labute approximate surface area is 197 Å². The summed E-state index contributed by atoms with van der Waals surface area (Å²) in [5, 5.41) is 13.8. The van der Waals surface area contributed by atoms with Crippen molar-refractivity contribution in [2.24, 2.45) is 0 Å². The summed E-state index contributed by atoms with van der Waals surface area (Å²) in [7, 11) is -1.78. The Hall–Kier alpha value is -2.40. The number of sulfonamides is 1. The van der Waals surface area contributed by atoms with Crippen molar-refractivity contribution in [1.29, 1.82) is 5.26 Å². The highest BCUT2D eigenvalue weighted by molar-refractivity contribution is 7.89. The highest BCUT2D eigenvalue weighted by Gasteiger charge is 2.38. The Morgan fingerprint density at radius 1 is 1.03 bits per heavy atom. The second-order valence-corrected chi connectivity index (χ2v) is 11.3. The van der Waals surface area contributed by atoms with E-state index in [-0.39, 0.29) is 0 Å². The number of piperidine rings is 1. The van der Waals surface area contributed by atoms with Crippen molar-refractivity contribution in [3.05, 3.63) is 59.7 Å². The second-order valence-electron chi connectivity index (χ2n) is 9.36. The van der Waals surface area contributed by atoms with Crippen molar-refractivity contribution in [3.63, 3.8) is 0 Å². The van der Waals surface area contributed by atoms with Gasteiger partial charge in [0.1, 0.15) is 5.75 Å². The molecule has 33 heavy (non-hydrogen) atoms. The molecule has 7 heteroatoms. The summed E-state index contributed by atoms with van der Waals surface area (Å²) in [6, 6.07) is 18.2. The molecule has 1 saturated heterocycles. The molecule has 0 amide bonds. The van der Waals surface area contributed by atoms with Crippen molar-refractivity contribution in [3.8, 4) is 11.8 Å². The maximum atomic E-state index is 12.9. The molecule has 0 atom stereocenters. The van der Waals surface area contributed by atoms with E-state index in [4.69, 9.17) is 4.74 Å². The Kier molecular flexibility index (Phi) is 7.08. The first-order chi connectivity index (χ1) is 15.9. The average molecular weight is 468 g/mol. The molecule has 1 N–H and O–H groups in total. The van der Waals surface area contributed by atoms with Crippen molar-refractivity contribution in [1.82, 2.24) is 9.62 Å². The highest BCUT2D eigenvalue weighted by atomic mass is 32.2. The van der Waals surface area contributed by atoms with Crippen LogP contribution in [-0.2, 0) is 15.4 Å². The molecule has 0 spiro atoms. The molecule has 2 aliphatic rings. The first-order valence-electron chi connectivity index (χ1n) is 11.7. The van der Waals surface area contributed by atoms with Crippen LogP contribution in [0.1, 0.15) is 49.7 Å². The minimum Gasteiger partial charge on any atom is -0.497 e. The lowest BCUT2D eigenvalue weighted by atomic mass is 9.69. The van der Waals surface area contributed by atoms with Gasteiger partial charge in [0, 0.05) is 25.2 Å². The molecule has 2 fully saturated rings. The van der Waals surface area contributed by atoms with Gasteiger partial charge in [-0.3, -0.25) is 0 Å². The Morgan fingerprint density at radius 2 is 1.67 bits per heavy atom. The van der Waals surface area contributed by atoms with Crippen LogP contribution in [0.15, 0.2) is 53.4 Å². The quantitative estimate of drug-likeness (QED) is 0.690. The smallest absolute Gasteiger partial charge is 0.243 e. The topological polar surface area (TPSA) is 82.4 Å². The van der Waals surface area contributed by atoms with Gasteiger partial charge in [-0.2, -0.15) is 9.57 Å². The fourth-order valence-corrected chi connectivity index (χ4v) is 6.59. The summed E-state index contributed by atoms with van der Waals surface area (Å²) in [5.74, 6) is 0.787. The van der Waals surface area contributed by atoms with Crippen molar-refractivity contribution >= 4 is 10.0 Å². The summed E-state index contributed by atoms with van der Waals surface area (Å²) in [6.45, 7) is 3.02. The number of nitriles is 1. The Bertz CT molecular complexity index is 1090. The van der Waals surface area contributed by atoms with Crippen LogP contribution in [0.4, 0.5) is 0 Å². The number of benzene rings is 2. The molecule has 4 rings (SSSR count). The predicted octanol–water partition coefficient (Wildman–Crippen LogP) is 4.15. The van der Waals surface area contributed by atoms with Crippen molar-refractivity contribution < 1.29 is 13.2 Å². The molecule has 6 nitrogen and oxygen atoms in total. The van der Waals surface area contributed by atoms with Gasteiger partial charge in [-0.25, -0.2) is 8.42 Å². The van der Waals surface area contributed by atoms with Gasteiger partial charge in [-0.05, 0) is 75.3 Å². The molecule has 2 aromatic rings. The number of ether oxygens (including phenoxy) is 1. The lowest BCUT2D eigenvalue weighted by Crippen LogP contribution is -2.49. The lowest BCUT2D eigenvalue weighted by molar-refractivity contribution is 0.232. The molecule has 176 valence electrons. The van der Waals surface area contributed by atoms with Gasteiger partial charge in [0.05, 0.1) is 23.5 Å². The lowest BCUT2D eigenvalue weighted by Gasteiger charge is -2.39. The van der Waals surface area contributed by atoms with E-state index in [1.807, 2.05) is 43.3 Å². The van der Waals surface area contributed by atoms with Crippen LogP contribution in [0.3, 0.4) is 0 Å². The molecule has 0 bridgehead atoms. The summed E-state index contributed by atoms with van der Waals surface area (Å²) in [6.07, 6.45) is 5.12. The van der Waals surface area contributed by atoms with Crippen LogP contribution >= 0.6 is 0 Å². The molecule has 1 aliphatic carbocycles. The third-order valence-corrected chi connectivity index (χ3v) is 9.17. The minimum atomic E-state index is -3.43. The zero-order chi connectivity index (χ0) is 23.5. The maximum absolute atomic E-state index is 12.9. The van der Waals surface area contributed by atoms with Crippen LogP contribution in [-0.4, -0.2) is 45.0 Å². The second kappa shape index (κ2) is 9.84. The van der Waals surface area contributed by atoms with E-state index in [9.17, 15) is 13.7 Å². The molecule has 2 aromatic carbocycles. The summed E-state index contributed by atoms with van der Waals surface area (Å²) in [5.41, 5.74) is 1.63. The molecule has 0 unspecified atom stereocenters. The average Bonchev–Trinajstić information content (AvgIpc) is 2.85. The van der Waals surface area contributed by atoms with Gasteiger partial charge in [0.15, 0.2) is 0 Å². The first kappa shape index (κ1) is 23.7. The molecule has 0 aromatic heterocycles. The number of nitrogens with one attached hydrogen (secondary N) is 1. The monoisotopic (exact) mass is 467 g/mol. The van der Waals surface area contributed by atoms with E-state index in [0.29, 0.717) is 30.1 Å². The standard InChI is InChI=1S/C26H33N3O3S/c1-20-6-8-25(9-7-20)33(30,31)29-16-12-23(13-17-29)28-22-10-14-26(19-27,15-11-22)21-4-3-5-24(18-21)32-2/h3-9,18,22-23,28H,10-17H2,1-2H3. The van der Waals surface area contributed by atoms with Crippen molar-refractivity contribution in [2.75, 3.05) is 20.2 Å². The van der Waals surface area contributed by atoms with Crippen LogP contribution in [0.5, 0.6) is 5.75 Å². The maximum Gasteiger partial charge on any atom is 0.243 e. The van der Waals surface area contributed by atoms with Crippen LogP contribution in [0.2, 0.25) is 0 Å². The molecular formula is C26H33N3O3S. The van der Waals surface area contributed by atoms with E-state index >= 15 is 0 Å². The van der Waals surface area contributed by atoms with Crippen LogP contribution in [0.25, 0.3) is 0 Å². The number of hydrogen-bond acceptors (Lipinski definition) is 5. The predicted molar refractivity (Wildman–Crippen MR) is 129 cm³/mol. The van der Waals surface area contributed by atoms with Gasteiger partial charge in [-0.15, -0.1) is 0 Å². The van der Waals surface area contributed by atoms with E-state index in [2.05, 4.69) is 11.4 Å². The van der Waals surface area contributed by atoms with Gasteiger partial charge >= 0.3 is 0 Å². The van der Waals surface area contributed by atoms with Crippen LogP contribution in [0, 0.1) is 18.3 Å². The summed E-state index contributed by atoms with van der Waals surface area (Å²) < 4.78 is 32.9. The first-order valence-corrected chi connectivity index (χ1v) is 13.2. The molecule has 0 radical (unpaired) electrons. The molecule has 1 saturated carbocycles. The number of nitrogens with zero attached hydrogens (tertiary/aromatic N) is 2. The van der Waals surface area contributed by atoms with E-state index in [1.165, 1.54) is 0 Å². The normalized spacial score (nSPS) is 24.8. The van der Waals surface area contributed by atoms with Gasteiger partial charge in [0.25, 0.3) is 0 Å². The fraction of sp³-hybridized carbons (Fsp3) is 0.500. The number of hydrogen-bond donors (Lipinski definition) is 1. The van der Waals surface area contributed by atoms with Crippen LogP contribution < -0.4 is 10.1 Å². The molecule has 1 aliphatic heterocycles. The largest absolute Gasteiger partial charge is 0.497 e. The summed E-state index contributed by atoms with van der Waals surface area (Å²) >= 11 is 0. The molecular weight excluding hydrogens is 434 g/mol. The zero-order valence-corrected chi connectivity index (χ0v) is 20.3. The SMILES string of the molecule is COc1cccc(C2(C#N)CCC(NC3CCN(S(=O)(=O)c4ccc(C)cc4)CC3)CC2)c1. The van der Waals surface area contributed by atoms with Gasteiger partial charge in [-0.1, -0.05) is 29.8 Å². The van der Waals surface area contributed by atoms with Gasteiger partial charge in [0.2, 0.25) is 10.0 Å². The Morgan fingerprint density at radius 3 is 2.27 bits per heavy atom. The van der Waals surface area contributed by atoms with Crippen molar-refractivity contribution in [2.45, 2.75) is 67.8 Å². The summed E-state index contributed by atoms with van der Waals surface area (Å²) in [4.78, 5) is 0.372. The number of rotatable bonds is 6. The van der Waals surface area contributed by atoms with E-state index in [1.54, 1.807) is 23.5 Å². The Balaban J connectivity index is 1.31. The van der Waals surface area contributed by atoms with E-state index in [0.717, 1.165) is 55.4 Å². The number of methoxy groups -OCH3 is 1. The molecule has 1 heterocycles. The highest BCUT2D eigenvalue weighted by Crippen LogP contribution is 2.40. The zero-order valence-electron chi connectivity index (χ0n) is 19.5. The number of aryl methyl sites for hydroxylation is 1. The third-order valence-electron chi connectivity index (χ3n) is 7.26.